The second-order valence-corrected chi connectivity index (χ2v) is 4.80. The van der Waals surface area contributed by atoms with Gasteiger partial charge in [0.05, 0.1) is 6.08 Å². The molecule has 0 bridgehead atoms. The maximum atomic E-state index is 10.7. The summed E-state index contributed by atoms with van der Waals surface area (Å²) in [7, 11) is 0. The summed E-state index contributed by atoms with van der Waals surface area (Å²) < 4.78 is 5.67. The SMILES string of the molecule is O=C(O)C(O)=Cc1nc(-c2ccccc2)c(-c2ccccc2)o1. The lowest BCUT2D eigenvalue weighted by Gasteiger charge is -2.00. The van der Waals surface area contributed by atoms with Gasteiger partial charge in [0.15, 0.2) is 5.76 Å². The largest absolute Gasteiger partial charge is 0.502 e. The first-order valence-electron chi connectivity index (χ1n) is 6.91. The van der Waals surface area contributed by atoms with Gasteiger partial charge in [-0.05, 0) is 0 Å². The summed E-state index contributed by atoms with van der Waals surface area (Å²) in [6, 6.07) is 18.8. The van der Waals surface area contributed by atoms with E-state index in [-0.39, 0.29) is 5.89 Å². The molecule has 3 rings (SSSR count). The van der Waals surface area contributed by atoms with Crippen molar-refractivity contribution in [1.29, 1.82) is 0 Å². The standard InChI is InChI=1S/C18H13NO4/c20-14(18(21)22)11-15-19-16(12-7-3-1-4-8-12)17(23-15)13-9-5-2-6-10-13/h1-11,20H,(H,21,22). The third kappa shape index (κ3) is 3.13. The fraction of sp³-hybridized carbons (Fsp3) is 0. The number of aliphatic hydroxyl groups is 1. The molecule has 114 valence electrons. The number of nitrogens with zero attached hydrogens (tertiary/aromatic N) is 1. The number of rotatable bonds is 4. The van der Waals surface area contributed by atoms with Gasteiger partial charge in [-0.1, -0.05) is 60.7 Å². The molecule has 0 saturated heterocycles. The number of oxazole rings is 1. The number of aromatic nitrogens is 1. The molecule has 0 aliphatic heterocycles. The third-order valence-corrected chi connectivity index (χ3v) is 3.21. The molecule has 0 unspecified atom stereocenters. The molecule has 2 aromatic carbocycles. The Bertz CT molecular complexity index is 794. The van der Waals surface area contributed by atoms with Crippen LogP contribution in [0.3, 0.4) is 0 Å². The number of carboxylic acid groups (broad SMARTS) is 1. The molecule has 0 aliphatic carbocycles. The first kappa shape index (κ1) is 14.6. The molecule has 0 saturated carbocycles. The maximum absolute atomic E-state index is 10.7. The Morgan fingerprint density at radius 3 is 2.04 bits per heavy atom. The van der Waals surface area contributed by atoms with Crippen LogP contribution in [-0.4, -0.2) is 21.2 Å². The van der Waals surface area contributed by atoms with Crippen molar-refractivity contribution in [2.45, 2.75) is 0 Å². The van der Waals surface area contributed by atoms with Crippen molar-refractivity contribution in [3.63, 3.8) is 0 Å². The summed E-state index contributed by atoms with van der Waals surface area (Å²) in [5.41, 5.74) is 2.24. The Morgan fingerprint density at radius 1 is 0.913 bits per heavy atom. The summed E-state index contributed by atoms with van der Waals surface area (Å²) in [6.45, 7) is 0. The van der Waals surface area contributed by atoms with Crippen LogP contribution in [0.2, 0.25) is 0 Å². The van der Waals surface area contributed by atoms with Crippen molar-refractivity contribution in [1.82, 2.24) is 4.98 Å². The molecule has 5 nitrogen and oxygen atoms in total. The average molecular weight is 307 g/mol. The summed E-state index contributed by atoms with van der Waals surface area (Å²) >= 11 is 0. The van der Waals surface area contributed by atoms with E-state index >= 15 is 0 Å². The highest BCUT2D eigenvalue weighted by molar-refractivity contribution is 5.89. The molecular formula is C18H13NO4. The third-order valence-electron chi connectivity index (χ3n) is 3.21. The number of benzene rings is 2. The van der Waals surface area contributed by atoms with E-state index in [1.54, 1.807) is 0 Å². The highest BCUT2D eigenvalue weighted by Gasteiger charge is 2.17. The summed E-state index contributed by atoms with van der Waals surface area (Å²) in [4.78, 5) is 15.1. The predicted octanol–water partition coefficient (Wildman–Crippen LogP) is 3.99. The number of aliphatic hydroxyl groups excluding tert-OH is 1. The van der Waals surface area contributed by atoms with Crippen molar-refractivity contribution in [2.24, 2.45) is 0 Å². The molecule has 1 aromatic heterocycles. The van der Waals surface area contributed by atoms with Crippen LogP contribution >= 0.6 is 0 Å². The van der Waals surface area contributed by atoms with E-state index in [1.807, 2.05) is 60.7 Å². The van der Waals surface area contributed by atoms with Crippen molar-refractivity contribution >= 4 is 12.0 Å². The van der Waals surface area contributed by atoms with Crippen LogP contribution in [0.25, 0.3) is 28.7 Å². The fourth-order valence-electron chi connectivity index (χ4n) is 2.15. The second-order valence-electron chi connectivity index (χ2n) is 4.80. The molecule has 0 atom stereocenters. The van der Waals surface area contributed by atoms with Crippen molar-refractivity contribution in [3.8, 4) is 22.6 Å². The van der Waals surface area contributed by atoms with Crippen LogP contribution < -0.4 is 0 Å². The smallest absolute Gasteiger partial charge is 0.371 e. The molecule has 3 aromatic rings. The molecular weight excluding hydrogens is 294 g/mol. The van der Waals surface area contributed by atoms with Crippen LogP contribution in [0.5, 0.6) is 0 Å². The van der Waals surface area contributed by atoms with Gasteiger partial charge in [-0.3, -0.25) is 0 Å². The Hall–Kier alpha value is -3.34. The summed E-state index contributed by atoms with van der Waals surface area (Å²) in [6.07, 6.45) is 0.987. The van der Waals surface area contributed by atoms with E-state index in [9.17, 15) is 9.90 Å². The Labute approximate surface area is 132 Å². The van der Waals surface area contributed by atoms with E-state index in [4.69, 9.17) is 9.52 Å². The lowest BCUT2D eigenvalue weighted by Crippen LogP contribution is -1.98. The van der Waals surface area contributed by atoms with E-state index in [2.05, 4.69) is 4.98 Å². The Kier molecular flexibility index (Phi) is 3.93. The Balaban J connectivity index is 2.15. The quantitative estimate of drug-likeness (QED) is 0.562. The van der Waals surface area contributed by atoms with Crippen LogP contribution in [-0.2, 0) is 4.79 Å². The normalized spacial score (nSPS) is 11.4. The van der Waals surface area contributed by atoms with Gasteiger partial charge in [-0.2, -0.15) is 0 Å². The van der Waals surface area contributed by atoms with Crippen LogP contribution in [0.15, 0.2) is 70.8 Å². The minimum absolute atomic E-state index is 0.0302. The molecule has 0 aliphatic rings. The molecule has 0 amide bonds. The summed E-state index contributed by atoms with van der Waals surface area (Å²) in [5, 5.41) is 18.1. The molecule has 0 fully saturated rings. The predicted molar refractivity (Wildman–Crippen MR) is 85.6 cm³/mol. The van der Waals surface area contributed by atoms with Crippen molar-refractivity contribution in [2.75, 3.05) is 0 Å². The van der Waals surface area contributed by atoms with Gasteiger partial charge in [0, 0.05) is 11.1 Å². The number of aliphatic carboxylic acids is 1. The minimum atomic E-state index is -1.44. The van der Waals surface area contributed by atoms with Gasteiger partial charge >= 0.3 is 5.97 Å². The van der Waals surface area contributed by atoms with Gasteiger partial charge in [-0.15, -0.1) is 0 Å². The number of hydrogen-bond donors (Lipinski definition) is 2. The zero-order valence-corrected chi connectivity index (χ0v) is 12.0. The van der Waals surface area contributed by atoms with E-state index in [0.717, 1.165) is 17.2 Å². The van der Waals surface area contributed by atoms with E-state index in [0.29, 0.717) is 11.5 Å². The number of hydrogen-bond acceptors (Lipinski definition) is 4. The molecule has 2 N–H and O–H groups in total. The first-order valence-corrected chi connectivity index (χ1v) is 6.91. The van der Waals surface area contributed by atoms with Gasteiger partial charge in [0.25, 0.3) is 0 Å². The molecule has 0 radical (unpaired) electrons. The Morgan fingerprint density at radius 2 is 1.48 bits per heavy atom. The lowest BCUT2D eigenvalue weighted by atomic mass is 10.1. The zero-order chi connectivity index (χ0) is 16.2. The topological polar surface area (TPSA) is 83.6 Å². The molecule has 23 heavy (non-hydrogen) atoms. The first-order chi connectivity index (χ1) is 11.1. The minimum Gasteiger partial charge on any atom is -0.502 e. The van der Waals surface area contributed by atoms with Gasteiger partial charge in [0.1, 0.15) is 5.69 Å². The molecule has 0 spiro atoms. The maximum Gasteiger partial charge on any atom is 0.371 e. The lowest BCUT2D eigenvalue weighted by molar-refractivity contribution is -0.135. The van der Waals surface area contributed by atoms with Crippen LogP contribution in [0, 0.1) is 0 Å². The second kappa shape index (κ2) is 6.19. The van der Waals surface area contributed by atoms with Gasteiger partial charge in [0.2, 0.25) is 11.6 Å². The highest BCUT2D eigenvalue weighted by Crippen LogP contribution is 2.32. The van der Waals surface area contributed by atoms with E-state index < -0.39 is 11.7 Å². The van der Waals surface area contributed by atoms with Crippen LogP contribution in [0.1, 0.15) is 5.89 Å². The fourth-order valence-corrected chi connectivity index (χ4v) is 2.15. The van der Waals surface area contributed by atoms with E-state index in [1.165, 1.54) is 0 Å². The van der Waals surface area contributed by atoms with Crippen LogP contribution in [0.4, 0.5) is 0 Å². The van der Waals surface area contributed by atoms with Crippen molar-refractivity contribution < 1.29 is 19.4 Å². The average Bonchev–Trinajstić information content (AvgIpc) is 3.00. The van der Waals surface area contributed by atoms with Gasteiger partial charge < -0.3 is 14.6 Å². The monoisotopic (exact) mass is 307 g/mol. The number of carbonyl (C=O) groups is 1. The van der Waals surface area contributed by atoms with Crippen molar-refractivity contribution in [3.05, 3.63) is 72.3 Å². The van der Waals surface area contributed by atoms with Gasteiger partial charge in [-0.25, -0.2) is 9.78 Å². The highest BCUT2D eigenvalue weighted by atomic mass is 16.4. The molecule has 5 heteroatoms. The molecule has 1 heterocycles. The number of carboxylic acids is 1. The summed E-state index contributed by atoms with van der Waals surface area (Å²) in [5.74, 6) is -1.72. The zero-order valence-electron chi connectivity index (χ0n) is 12.0.